The van der Waals surface area contributed by atoms with Gasteiger partial charge in [0.2, 0.25) is 0 Å². The van der Waals surface area contributed by atoms with Crippen molar-refractivity contribution in [2.75, 3.05) is 13.1 Å². The molecule has 4 aromatic rings. The number of furan rings is 1. The van der Waals surface area contributed by atoms with Gasteiger partial charge < -0.3 is 14.6 Å². The van der Waals surface area contributed by atoms with Gasteiger partial charge in [0.15, 0.2) is 0 Å². The SMILES string of the molecule is Cc1nn(-c2ccccc2)c2sc(C(=O)NC3CCN(C(=O)c4ccoc4)CC3)cc12. The fraction of sp³-hybridized carbons (Fsp3) is 0.261. The molecule has 158 valence electrons. The maximum atomic E-state index is 12.9. The number of aryl methyl sites for hydroxylation is 1. The first-order chi connectivity index (χ1) is 15.1. The van der Waals surface area contributed by atoms with Gasteiger partial charge in [0.1, 0.15) is 11.1 Å². The number of thiophene rings is 1. The molecule has 1 aliphatic heterocycles. The molecule has 0 spiro atoms. The van der Waals surface area contributed by atoms with Crippen molar-refractivity contribution >= 4 is 33.4 Å². The summed E-state index contributed by atoms with van der Waals surface area (Å²) in [5, 5.41) is 8.78. The van der Waals surface area contributed by atoms with Crippen molar-refractivity contribution in [3.63, 3.8) is 0 Å². The zero-order valence-electron chi connectivity index (χ0n) is 17.1. The average molecular weight is 435 g/mol. The van der Waals surface area contributed by atoms with Crippen molar-refractivity contribution in [1.82, 2.24) is 20.0 Å². The van der Waals surface area contributed by atoms with E-state index in [9.17, 15) is 9.59 Å². The van der Waals surface area contributed by atoms with Crippen LogP contribution in [-0.4, -0.2) is 45.6 Å². The van der Waals surface area contributed by atoms with Crippen molar-refractivity contribution in [2.24, 2.45) is 0 Å². The van der Waals surface area contributed by atoms with Crippen molar-refractivity contribution in [1.29, 1.82) is 0 Å². The van der Waals surface area contributed by atoms with Gasteiger partial charge in [0.05, 0.1) is 28.1 Å². The van der Waals surface area contributed by atoms with Crippen LogP contribution in [0.5, 0.6) is 0 Å². The Labute approximate surface area is 183 Å². The van der Waals surface area contributed by atoms with Crippen LogP contribution in [0.2, 0.25) is 0 Å². The molecule has 4 heterocycles. The van der Waals surface area contributed by atoms with Gasteiger partial charge in [-0.25, -0.2) is 4.68 Å². The van der Waals surface area contributed by atoms with Crippen LogP contribution in [0.25, 0.3) is 15.9 Å². The van der Waals surface area contributed by atoms with Crippen molar-refractivity contribution in [3.8, 4) is 5.69 Å². The predicted molar refractivity (Wildman–Crippen MR) is 119 cm³/mol. The number of carbonyl (C=O) groups excluding carboxylic acids is 2. The summed E-state index contributed by atoms with van der Waals surface area (Å²) in [6.07, 6.45) is 4.44. The van der Waals surface area contributed by atoms with E-state index in [0.717, 1.165) is 34.4 Å². The van der Waals surface area contributed by atoms with Gasteiger partial charge >= 0.3 is 0 Å². The molecular weight excluding hydrogens is 412 g/mol. The molecule has 1 fully saturated rings. The highest BCUT2D eigenvalue weighted by Crippen LogP contribution is 2.30. The lowest BCUT2D eigenvalue weighted by molar-refractivity contribution is 0.0697. The number of aromatic nitrogens is 2. The molecule has 2 amide bonds. The van der Waals surface area contributed by atoms with Gasteiger partial charge in [-0.3, -0.25) is 9.59 Å². The predicted octanol–water partition coefficient (Wildman–Crippen LogP) is 4.02. The van der Waals surface area contributed by atoms with Crippen LogP contribution in [-0.2, 0) is 0 Å². The minimum Gasteiger partial charge on any atom is -0.472 e. The van der Waals surface area contributed by atoms with Crippen LogP contribution in [0, 0.1) is 6.92 Å². The van der Waals surface area contributed by atoms with Crippen LogP contribution >= 0.6 is 11.3 Å². The highest BCUT2D eigenvalue weighted by molar-refractivity contribution is 7.20. The molecule has 1 aromatic carbocycles. The van der Waals surface area contributed by atoms with E-state index in [1.165, 1.54) is 23.9 Å². The molecule has 0 radical (unpaired) electrons. The maximum absolute atomic E-state index is 12.9. The molecule has 3 aromatic heterocycles. The number of hydrogen-bond acceptors (Lipinski definition) is 5. The van der Waals surface area contributed by atoms with E-state index < -0.39 is 0 Å². The van der Waals surface area contributed by atoms with E-state index in [0.29, 0.717) is 23.5 Å². The number of amides is 2. The number of benzene rings is 1. The summed E-state index contributed by atoms with van der Waals surface area (Å²) in [7, 11) is 0. The summed E-state index contributed by atoms with van der Waals surface area (Å²) >= 11 is 1.45. The molecule has 31 heavy (non-hydrogen) atoms. The molecular formula is C23H22N4O3S. The number of nitrogens with zero attached hydrogens (tertiary/aromatic N) is 3. The third kappa shape index (κ3) is 3.74. The number of nitrogens with one attached hydrogen (secondary N) is 1. The Morgan fingerprint density at radius 2 is 1.94 bits per heavy atom. The minimum absolute atomic E-state index is 0.0241. The molecule has 7 nitrogen and oxygen atoms in total. The fourth-order valence-corrected chi connectivity index (χ4v) is 5.04. The van der Waals surface area contributed by atoms with E-state index in [4.69, 9.17) is 4.42 Å². The summed E-state index contributed by atoms with van der Waals surface area (Å²) in [5.41, 5.74) is 2.44. The highest BCUT2D eigenvalue weighted by atomic mass is 32.1. The quantitative estimate of drug-likeness (QED) is 0.526. The molecule has 1 N–H and O–H groups in total. The first-order valence-corrected chi connectivity index (χ1v) is 11.1. The summed E-state index contributed by atoms with van der Waals surface area (Å²) in [4.78, 5) is 28.8. The first-order valence-electron chi connectivity index (χ1n) is 10.3. The Bertz CT molecular complexity index is 1220. The maximum Gasteiger partial charge on any atom is 0.261 e. The number of likely N-dealkylation sites (tertiary alicyclic amines) is 1. The highest BCUT2D eigenvalue weighted by Gasteiger charge is 2.26. The lowest BCUT2D eigenvalue weighted by Gasteiger charge is -2.32. The van der Waals surface area contributed by atoms with Gasteiger partial charge in [0, 0.05) is 24.5 Å². The number of carbonyl (C=O) groups is 2. The van der Waals surface area contributed by atoms with E-state index in [1.807, 2.05) is 52.9 Å². The Balaban J connectivity index is 1.27. The summed E-state index contributed by atoms with van der Waals surface area (Å²) in [5.74, 6) is -0.0937. The molecule has 0 unspecified atom stereocenters. The fourth-order valence-electron chi connectivity index (χ4n) is 3.96. The molecule has 1 saturated heterocycles. The first kappa shape index (κ1) is 19.6. The summed E-state index contributed by atoms with van der Waals surface area (Å²) in [6.45, 7) is 3.19. The third-order valence-corrected chi connectivity index (χ3v) is 6.76. The van der Waals surface area contributed by atoms with Crippen LogP contribution in [0.1, 0.15) is 38.6 Å². The van der Waals surface area contributed by atoms with E-state index in [-0.39, 0.29) is 17.9 Å². The van der Waals surface area contributed by atoms with Crippen molar-refractivity contribution in [3.05, 3.63) is 71.1 Å². The number of piperidine rings is 1. The Hall–Kier alpha value is -3.39. The molecule has 0 aliphatic carbocycles. The normalized spacial score (nSPS) is 14.8. The number of para-hydroxylation sites is 1. The molecule has 8 heteroatoms. The molecule has 1 aliphatic rings. The number of hydrogen-bond donors (Lipinski definition) is 1. The molecule has 5 rings (SSSR count). The molecule has 0 saturated carbocycles. The van der Waals surface area contributed by atoms with Crippen LogP contribution in [0.4, 0.5) is 0 Å². The second-order valence-corrected chi connectivity index (χ2v) is 8.74. The molecule has 0 bridgehead atoms. The standard InChI is InChI=1S/C23H22N4O3S/c1-15-19-13-20(31-23(19)27(25-15)18-5-3-2-4-6-18)21(28)24-17-7-10-26(11-8-17)22(29)16-9-12-30-14-16/h2-6,9,12-14,17H,7-8,10-11H2,1H3,(H,24,28). The Kier molecular flexibility index (Phi) is 5.07. The van der Waals surface area contributed by atoms with E-state index >= 15 is 0 Å². The molecule has 0 atom stereocenters. The largest absolute Gasteiger partial charge is 0.472 e. The van der Waals surface area contributed by atoms with Gasteiger partial charge in [-0.15, -0.1) is 11.3 Å². The minimum atomic E-state index is -0.0696. The van der Waals surface area contributed by atoms with Gasteiger partial charge in [-0.05, 0) is 44.0 Å². The third-order valence-electron chi connectivity index (χ3n) is 5.65. The monoisotopic (exact) mass is 434 g/mol. The second-order valence-electron chi connectivity index (χ2n) is 7.71. The summed E-state index contributed by atoms with van der Waals surface area (Å²) in [6, 6.07) is 13.6. The van der Waals surface area contributed by atoms with Crippen LogP contribution in [0.3, 0.4) is 0 Å². The van der Waals surface area contributed by atoms with Gasteiger partial charge in [-0.1, -0.05) is 18.2 Å². The Morgan fingerprint density at radius 1 is 1.16 bits per heavy atom. The number of fused-ring (bicyclic) bond motifs is 1. The zero-order chi connectivity index (χ0) is 21.4. The van der Waals surface area contributed by atoms with E-state index in [1.54, 1.807) is 6.07 Å². The van der Waals surface area contributed by atoms with Crippen molar-refractivity contribution < 1.29 is 14.0 Å². The van der Waals surface area contributed by atoms with Crippen LogP contribution < -0.4 is 5.32 Å². The summed E-state index contributed by atoms with van der Waals surface area (Å²) < 4.78 is 6.90. The van der Waals surface area contributed by atoms with Gasteiger partial charge in [0.25, 0.3) is 11.8 Å². The van der Waals surface area contributed by atoms with E-state index in [2.05, 4.69) is 10.4 Å². The second kappa shape index (κ2) is 8.03. The van der Waals surface area contributed by atoms with Gasteiger partial charge in [-0.2, -0.15) is 5.10 Å². The Morgan fingerprint density at radius 3 is 2.65 bits per heavy atom. The topological polar surface area (TPSA) is 80.4 Å². The number of rotatable bonds is 4. The smallest absolute Gasteiger partial charge is 0.261 e. The zero-order valence-corrected chi connectivity index (χ0v) is 17.9. The average Bonchev–Trinajstić information content (AvgIpc) is 3.53. The lowest BCUT2D eigenvalue weighted by atomic mass is 10.0. The van der Waals surface area contributed by atoms with Crippen molar-refractivity contribution in [2.45, 2.75) is 25.8 Å². The van der Waals surface area contributed by atoms with Crippen LogP contribution in [0.15, 0.2) is 59.4 Å². The lowest BCUT2D eigenvalue weighted by Crippen LogP contribution is -2.46.